The lowest BCUT2D eigenvalue weighted by Gasteiger charge is -2.06. The van der Waals surface area contributed by atoms with Crippen molar-refractivity contribution in [2.45, 2.75) is 45.4 Å². The molecule has 0 atom stereocenters. The van der Waals surface area contributed by atoms with Gasteiger partial charge in [-0.1, -0.05) is 51.2 Å². The minimum absolute atomic E-state index is 0.0227. The van der Waals surface area contributed by atoms with Gasteiger partial charge < -0.3 is 9.84 Å². The summed E-state index contributed by atoms with van der Waals surface area (Å²) in [5.41, 5.74) is 0.239. The summed E-state index contributed by atoms with van der Waals surface area (Å²) in [6.07, 6.45) is 6.95. The van der Waals surface area contributed by atoms with Crippen LogP contribution in [-0.2, 0) is 4.74 Å². The number of benzene rings is 1. The fraction of sp³-hybridized carbons (Fsp3) is 0.533. The third-order valence-corrected chi connectivity index (χ3v) is 2.86. The Labute approximate surface area is 109 Å². The van der Waals surface area contributed by atoms with Crippen molar-refractivity contribution in [3.63, 3.8) is 0 Å². The molecule has 1 rings (SSSR count). The van der Waals surface area contributed by atoms with Crippen LogP contribution in [0.5, 0.6) is 5.75 Å². The first-order chi connectivity index (χ1) is 8.75. The van der Waals surface area contributed by atoms with Crippen LogP contribution in [0.2, 0.25) is 0 Å². The Bertz CT molecular complexity index is 361. The fourth-order valence-corrected chi connectivity index (χ4v) is 1.77. The molecule has 0 bridgehead atoms. The Hall–Kier alpha value is -1.51. The lowest BCUT2D eigenvalue weighted by Crippen LogP contribution is -2.06. The SMILES string of the molecule is CCCCCCCCOC(=O)c1ccccc1O. The van der Waals surface area contributed by atoms with E-state index in [-0.39, 0.29) is 11.3 Å². The summed E-state index contributed by atoms with van der Waals surface area (Å²) in [7, 11) is 0. The zero-order valence-corrected chi connectivity index (χ0v) is 11.0. The van der Waals surface area contributed by atoms with Gasteiger partial charge in [0.1, 0.15) is 11.3 Å². The average molecular weight is 250 g/mol. The van der Waals surface area contributed by atoms with E-state index < -0.39 is 5.97 Å². The van der Waals surface area contributed by atoms with E-state index in [2.05, 4.69) is 6.92 Å². The van der Waals surface area contributed by atoms with Crippen LogP contribution in [0.1, 0.15) is 55.8 Å². The summed E-state index contributed by atoms with van der Waals surface area (Å²) < 4.78 is 5.12. The second-order valence-electron chi connectivity index (χ2n) is 4.42. The molecule has 3 heteroatoms. The van der Waals surface area contributed by atoms with Gasteiger partial charge in [-0.05, 0) is 18.6 Å². The molecule has 0 aliphatic carbocycles. The third kappa shape index (κ3) is 5.21. The molecule has 3 nitrogen and oxygen atoms in total. The standard InChI is InChI=1S/C15H22O3/c1-2-3-4-5-6-9-12-18-15(17)13-10-7-8-11-14(13)16/h7-8,10-11,16H,2-6,9,12H2,1H3. The van der Waals surface area contributed by atoms with Crippen molar-refractivity contribution in [2.24, 2.45) is 0 Å². The summed E-state index contributed by atoms with van der Waals surface area (Å²) in [6, 6.07) is 6.45. The number of unbranched alkanes of at least 4 members (excludes halogenated alkanes) is 5. The maximum absolute atomic E-state index is 11.6. The van der Waals surface area contributed by atoms with Crippen LogP contribution in [0.15, 0.2) is 24.3 Å². The van der Waals surface area contributed by atoms with Crippen molar-refractivity contribution in [1.29, 1.82) is 0 Å². The molecule has 0 saturated heterocycles. The number of carbonyl (C=O) groups excluding carboxylic acids is 1. The molecule has 0 saturated carbocycles. The molecule has 1 aromatic rings. The average Bonchev–Trinajstić information content (AvgIpc) is 2.38. The number of carbonyl (C=O) groups is 1. The van der Waals surface area contributed by atoms with E-state index in [0.717, 1.165) is 12.8 Å². The highest BCUT2D eigenvalue weighted by atomic mass is 16.5. The van der Waals surface area contributed by atoms with Crippen molar-refractivity contribution >= 4 is 5.97 Å². The first-order valence-corrected chi connectivity index (χ1v) is 6.70. The Balaban J connectivity index is 2.16. The molecule has 0 fully saturated rings. The Morgan fingerprint density at radius 1 is 1.11 bits per heavy atom. The van der Waals surface area contributed by atoms with E-state index in [0.29, 0.717) is 6.61 Å². The summed E-state index contributed by atoms with van der Waals surface area (Å²) in [4.78, 5) is 11.6. The molecular weight excluding hydrogens is 228 g/mol. The Kier molecular flexibility index (Phi) is 6.92. The number of para-hydroxylation sites is 1. The molecule has 1 N–H and O–H groups in total. The van der Waals surface area contributed by atoms with Gasteiger partial charge in [0, 0.05) is 0 Å². The molecule has 100 valence electrons. The van der Waals surface area contributed by atoms with Crippen LogP contribution < -0.4 is 0 Å². The number of phenolic OH excluding ortho intramolecular Hbond substituents is 1. The van der Waals surface area contributed by atoms with Gasteiger partial charge in [-0.25, -0.2) is 4.79 Å². The number of rotatable bonds is 8. The number of esters is 1. The van der Waals surface area contributed by atoms with E-state index in [4.69, 9.17) is 4.74 Å². The predicted octanol–water partition coefficient (Wildman–Crippen LogP) is 3.91. The summed E-state index contributed by atoms with van der Waals surface area (Å²) in [5.74, 6) is -0.466. The van der Waals surface area contributed by atoms with Gasteiger partial charge in [0.05, 0.1) is 6.61 Å². The lowest BCUT2D eigenvalue weighted by molar-refractivity contribution is 0.0494. The first-order valence-electron chi connectivity index (χ1n) is 6.70. The molecule has 18 heavy (non-hydrogen) atoms. The molecule has 0 aliphatic heterocycles. The maximum Gasteiger partial charge on any atom is 0.341 e. The van der Waals surface area contributed by atoms with Gasteiger partial charge in [0.2, 0.25) is 0 Å². The first kappa shape index (κ1) is 14.6. The van der Waals surface area contributed by atoms with Crippen LogP contribution in [0.25, 0.3) is 0 Å². The van der Waals surface area contributed by atoms with Gasteiger partial charge in [-0.2, -0.15) is 0 Å². The number of hydrogen-bond acceptors (Lipinski definition) is 3. The molecule has 0 heterocycles. The zero-order chi connectivity index (χ0) is 13.2. The van der Waals surface area contributed by atoms with Gasteiger partial charge in [-0.15, -0.1) is 0 Å². The van der Waals surface area contributed by atoms with Crippen LogP contribution in [0.4, 0.5) is 0 Å². The molecule has 0 aromatic heterocycles. The molecular formula is C15H22O3. The topological polar surface area (TPSA) is 46.5 Å². The minimum Gasteiger partial charge on any atom is -0.507 e. The van der Waals surface area contributed by atoms with E-state index in [1.54, 1.807) is 18.2 Å². The van der Waals surface area contributed by atoms with Gasteiger partial charge >= 0.3 is 5.97 Å². The largest absolute Gasteiger partial charge is 0.507 e. The number of ether oxygens (including phenoxy) is 1. The molecule has 0 spiro atoms. The summed E-state index contributed by atoms with van der Waals surface area (Å²) in [5, 5.41) is 9.48. The molecule has 1 aromatic carbocycles. The number of aromatic hydroxyl groups is 1. The van der Waals surface area contributed by atoms with Gasteiger partial charge in [0.25, 0.3) is 0 Å². The maximum atomic E-state index is 11.6. The molecule has 0 amide bonds. The lowest BCUT2D eigenvalue weighted by atomic mass is 10.1. The van der Waals surface area contributed by atoms with Crippen LogP contribution in [0, 0.1) is 0 Å². The Morgan fingerprint density at radius 2 is 1.78 bits per heavy atom. The smallest absolute Gasteiger partial charge is 0.341 e. The van der Waals surface area contributed by atoms with Gasteiger partial charge in [-0.3, -0.25) is 0 Å². The second-order valence-corrected chi connectivity index (χ2v) is 4.42. The highest BCUT2D eigenvalue weighted by Gasteiger charge is 2.10. The highest BCUT2D eigenvalue weighted by Crippen LogP contribution is 2.16. The minimum atomic E-state index is -0.443. The van der Waals surface area contributed by atoms with Crippen LogP contribution in [-0.4, -0.2) is 17.7 Å². The fourth-order valence-electron chi connectivity index (χ4n) is 1.77. The van der Waals surface area contributed by atoms with Crippen LogP contribution >= 0.6 is 0 Å². The van der Waals surface area contributed by atoms with Crippen molar-refractivity contribution in [1.82, 2.24) is 0 Å². The van der Waals surface area contributed by atoms with Gasteiger partial charge in [0.15, 0.2) is 0 Å². The molecule has 0 unspecified atom stereocenters. The quantitative estimate of drug-likeness (QED) is 0.562. The van der Waals surface area contributed by atoms with E-state index >= 15 is 0 Å². The normalized spacial score (nSPS) is 10.3. The zero-order valence-electron chi connectivity index (χ0n) is 11.0. The number of hydrogen-bond donors (Lipinski definition) is 1. The molecule has 0 aliphatic rings. The van der Waals surface area contributed by atoms with E-state index in [1.165, 1.54) is 31.7 Å². The summed E-state index contributed by atoms with van der Waals surface area (Å²) in [6.45, 7) is 2.62. The molecule has 0 radical (unpaired) electrons. The van der Waals surface area contributed by atoms with Crippen molar-refractivity contribution in [2.75, 3.05) is 6.61 Å². The monoisotopic (exact) mass is 250 g/mol. The van der Waals surface area contributed by atoms with E-state index in [9.17, 15) is 9.90 Å². The van der Waals surface area contributed by atoms with Crippen molar-refractivity contribution < 1.29 is 14.6 Å². The third-order valence-electron chi connectivity index (χ3n) is 2.86. The summed E-state index contributed by atoms with van der Waals surface area (Å²) >= 11 is 0. The van der Waals surface area contributed by atoms with Crippen LogP contribution in [0.3, 0.4) is 0 Å². The van der Waals surface area contributed by atoms with Crippen molar-refractivity contribution in [3.8, 4) is 5.75 Å². The predicted molar refractivity (Wildman–Crippen MR) is 71.8 cm³/mol. The number of phenols is 1. The van der Waals surface area contributed by atoms with Crippen molar-refractivity contribution in [3.05, 3.63) is 29.8 Å². The highest BCUT2D eigenvalue weighted by molar-refractivity contribution is 5.92. The Morgan fingerprint density at radius 3 is 2.50 bits per heavy atom. The van der Waals surface area contributed by atoms with E-state index in [1.807, 2.05) is 0 Å². The second kappa shape index (κ2) is 8.56.